The Labute approximate surface area is 104 Å². The van der Waals surface area contributed by atoms with Crippen molar-refractivity contribution in [3.05, 3.63) is 53.4 Å². The summed E-state index contributed by atoms with van der Waals surface area (Å²) < 4.78 is 0. The molecule has 0 aromatic heterocycles. The Morgan fingerprint density at radius 3 is 2.50 bits per heavy atom. The third-order valence-electron chi connectivity index (χ3n) is 2.75. The molecule has 0 aliphatic heterocycles. The fourth-order valence-electron chi connectivity index (χ4n) is 1.83. The number of carbonyl (C=O) groups excluding carboxylic acids is 1. The van der Waals surface area contributed by atoms with Crippen LogP contribution < -0.4 is 0 Å². The Balaban J connectivity index is 2.57. The van der Waals surface area contributed by atoms with Gasteiger partial charge in [-0.2, -0.15) is 5.26 Å². The van der Waals surface area contributed by atoms with Gasteiger partial charge in [-0.25, -0.2) is 4.99 Å². The van der Waals surface area contributed by atoms with Crippen LogP contribution in [0, 0.1) is 11.3 Å². The topological polar surface area (TPSA) is 73.4 Å². The normalized spacial score (nSPS) is 14.4. The van der Waals surface area contributed by atoms with Crippen molar-refractivity contribution in [3.63, 3.8) is 0 Å². The molecule has 0 bridgehead atoms. The van der Waals surface area contributed by atoms with Crippen molar-refractivity contribution >= 4 is 17.1 Å². The minimum atomic E-state index is -0.443. The van der Waals surface area contributed by atoms with E-state index in [1.165, 1.54) is 0 Å². The first-order valence-corrected chi connectivity index (χ1v) is 5.28. The minimum absolute atomic E-state index is 0.183. The number of benzene rings is 1. The molecule has 1 aliphatic carbocycles. The number of nitrogens with zero attached hydrogens (tertiary/aromatic N) is 2. The van der Waals surface area contributed by atoms with Crippen LogP contribution in [0.2, 0.25) is 0 Å². The van der Waals surface area contributed by atoms with Crippen molar-refractivity contribution in [1.29, 1.82) is 5.26 Å². The van der Waals surface area contributed by atoms with Crippen molar-refractivity contribution in [2.24, 2.45) is 4.99 Å². The smallest absolute Gasteiger partial charge is 0.212 e. The number of aliphatic hydroxyl groups excluding tert-OH is 1. The van der Waals surface area contributed by atoms with Crippen LogP contribution in [0.15, 0.2) is 47.3 Å². The summed E-state index contributed by atoms with van der Waals surface area (Å²) in [6, 6.07) is 8.85. The molecule has 4 heteroatoms. The van der Waals surface area contributed by atoms with Gasteiger partial charge in [0.05, 0.1) is 0 Å². The van der Waals surface area contributed by atoms with Crippen LogP contribution in [-0.2, 0) is 0 Å². The fraction of sp³-hybridized carbons (Fsp3) is 0.0714. The fourth-order valence-corrected chi connectivity index (χ4v) is 1.83. The first-order chi connectivity index (χ1) is 8.56. The molecule has 2 rings (SSSR count). The molecule has 0 saturated heterocycles. The maximum atomic E-state index is 12.1. The largest absolute Gasteiger partial charge is 0.506 e. The number of rotatable bonds is 2. The van der Waals surface area contributed by atoms with Gasteiger partial charge in [0.25, 0.3) is 0 Å². The van der Waals surface area contributed by atoms with E-state index in [4.69, 9.17) is 5.26 Å². The monoisotopic (exact) mass is 238 g/mol. The molecular weight excluding hydrogens is 228 g/mol. The molecule has 0 spiro atoms. The van der Waals surface area contributed by atoms with Crippen molar-refractivity contribution < 1.29 is 9.90 Å². The molecule has 1 N–H and O–H groups in total. The number of nitriles is 1. The molecule has 0 unspecified atom stereocenters. The second-order valence-electron chi connectivity index (χ2n) is 3.87. The molecule has 0 amide bonds. The lowest BCUT2D eigenvalue weighted by Crippen LogP contribution is -2.03. The summed E-state index contributed by atoms with van der Waals surface area (Å²) in [4.78, 5) is 16.0. The van der Waals surface area contributed by atoms with E-state index in [1.54, 1.807) is 25.1 Å². The van der Waals surface area contributed by atoms with Gasteiger partial charge < -0.3 is 5.11 Å². The Hall–Kier alpha value is -2.67. The van der Waals surface area contributed by atoms with Gasteiger partial charge in [-0.1, -0.05) is 30.8 Å². The van der Waals surface area contributed by atoms with E-state index in [1.807, 2.05) is 12.1 Å². The average Bonchev–Trinajstić information content (AvgIpc) is 2.60. The maximum Gasteiger partial charge on any atom is 0.212 e. The minimum Gasteiger partial charge on any atom is -0.506 e. The Morgan fingerprint density at radius 2 is 2.00 bits per heavy atom. The number of aliphatic imine (C=N–C) groups is 1. The summed E-state index contributed by atoms with van der Waals surface area (Å²) in [5.74, 6) is -0.682. The summed E-state index contributed by atoms with van der Waals surface area (Å²) in [5, 5.41) is 18.0. The molecule has 0 radical (unpaired) electrons. The molecule has 18 heavy (non-hydrogen) atoms. The van der Waals surface area contributed by atoms with Gasteiger partial charge in [-0.15, -0.1) is 0 Å². The van der Waals surface area contributed by atoms with Gasteiger partial charge >= 0.3 is 0 Å². The number of carbonyl (C=O) groups is 1. The molecule has 88 valence electrons. The van der Waals surface area contributed by atoms with Crippen LogP contribution in [0.1, 0.15) is 22.8 Å². The summed E-state index contributed by atoms with van der Waals surface area (Å²) in [6.45, 7) is 5.00. The third kappa shape index (κ3) is 1.72. The standard InChI is InChI=1S/C14H10N2O2/c1-8-10-5-3-4-6-11(10)14(18)13(8)16-12(7-15)9(2)17/h3-6,17H,2H2,1H3. The van der Waals surface area contributed by atoms with Crippen LogP contribution in [0.25, 0.3) is 5.57 Å². The van der Waals surface area contributed by atoms with E-state index in [9.17, 15) is 9.90 Å². The number of hydrogen-bond acceptors (Lipinski definition) is 4. The summed E-state index contributed by atoms with van der Waals surface area (Å²) in [6.07, 6.45) is 0. The van der Waals surface area contributed by atoms with Crippen LogP contribution in [0.5, 0.6) is 0 Å². The number of ketones is 1. The van der Waals surface area contributed by atoms with E-state index >= 15 is 0 Å². The highest BCUT2D eigenvalue weighted by Crippen LogP contribution is 2.32. The van der Waals surface area contributed by atoms with Crippen molar-refractivity contribution in [1.82, 2.24) is 0 Å². The maximum absolute atomic E-state index is 12.1. The Morgan fingerprint density at radius 1 is 1.39 bits per heavy atom. The van der Waals surface area contributed by atoms with Gasteiger partial charge in [-0.05, 0) is 18.1 Å². The molecule has 1 aromatic rings. The number of Topliss-reactive ketones (excluding diaryl/α,β-unsaturated/α-hetero) is 1. The zero-order valence-corrected chi connectivity index (χ0v) is 9.77. The predicted octanol–water partition coefficient (Wildman–Crippen LogP) is 2.65. The quantitative estimate of drug-likeness (QED) is 0.635. The molecule has 4 nitrogen and oxygen atoms in total. The molecule has 0 atom stereocenters. The molecule has 0 fully saturated rings. The van der Waals surface area contributed by atoms with Crippen LogP contribution >= 0.6 is 0 Å². The highest BCUT2D eigenvalue weighted by atomic mass is 16.3. The van der Waals surface area contributed by atoms with E-state index in [0.717, 1.165) is 5.56 Å². The van der Waals surface area contributed by atoms with Gasteiger partial charge in [0.15, 0.2) is 5.71 Å². The first kappa shape index (κ1) is 11.8. The lowest BCUT2D eigenvalue weighted by atomic mass is 10.1. The molecule has 1 aliphatic rings. The number of fused-ring (bicyclic) bond motifs is 1. The zero-order chi connectivity index (χ0) is 13.3. The number of hydrogen-bond donors (Lipinski definition) is 1. The van der Waals surface area contributed by atoms with E-state index < -0.39 is 5.76 Å². The lowest BCUT2D eigenvalue weighted by Gasteiger charge is -1.97. The van der Waals surface area contributed by atoms with Crippen molar-refractivity contribution in [3.8, 4) is 6.07 Å². The third-order valence-corrected chi connectivity index (χ3v) is 2.75. The second kappa shape index (κ2) is 4.30. The SMILES string of the molecule is C=C(O)C(C#N)=NC1=C(C)c2ccccc2C1=O. The van der Waals surface area contributed by atoms with Crippen molar-refractivity contribution in [2.75, 3.05) is 0 Å². The van der Waals surface area contributed by atoms with E-state index in [2.05, 4.69) is 11.6 Å². The molecule has 0 saturated carbocycles. The Kier molecular flexibility index (Phi) is 2.82. The van der Waals surface area contributed by atoms with Gasteiger partial charge in [-0.3, -0.25) is 4.79 Å². The van der Waals surface area contributed by atoms with Gasteiger partial charge in [0, 0.05) is 5.56 Å². The molecule has 1 aromatic carbocycles. The second-order valence-corrected chi connectivity index (χ2v) is 3.87. The average molecular weight is 238 g/mol. The predicted molar refractivity (Wildman–Crippen MR) is 68.2 cm³/mol. The van der Waals surface area contributed by atoms with E-state index in [0.29, 0.717) is 11.1 Å². The molecule has 0 heterocycles. The van der Waals surface area contributed by atoms with Crippen LogP contribution in [0.4, 0.5) is 0 Å². The van der Waals surface area contributed by atoms with Gasteiger partial charge in [0.2, 0.25) is 5.78 Å². The highest BCUT2D eigenvalue weighted by Gasteiger charge is 2.27. The number of aliphatic hydroxyl groups is 1. The summed E-state index contributed by atoms with van der Waals surface area (Å²) in [7, 11) is 0. The molecular formula is C14H10N2O2. The van der Waals surface area contributed by atoms with E-state index in [-0.39, 0.29) is 17.2 Å². The van der Waals surface area contributed by atoms with Crippen LogP contribution in [0.3, 0.4) is 0 Å². The summed E-state index contributed by atoms with van der Waals surface area (Å²) >= 11 is 0. The Bertz CT molecular complexity index is 661. The number of allylic oxidation sites excluding steroid dienone is 3. The zero-order valence-electron chi connectivity index (χ0n) is 9.77. The summed E-state index contributed by atoms with van der Waals surface area (Å²) in [5.41, 5.74) is 2.01. The highest BCUT2D eigenvalue weighted by molar-refractivity contribution is 6.22. The van der Waals surface area contributed by atoms with Gasteiger partial charge in [0.1, 0.15) is 17.5 Å². The van der Waals surface area contributed by atoms with Crippen molar-refractivity contribution in [2.45, 2.75) is 6.92 Å². The first-order valence-electron chi connectivity index (χ1n) is 5.28. The van der Waals surface area contributed by atoms with Crippen LogP contribution in [-0.4, -0.2) is 16.6 Å². The lowest BCUT2D eigenvalue weighted by molar-refractivity contribution is 0.103.